The summed E-state index contributed by atoms with van der Waals surface area (Å²) in [5, 5.41) is 17.6. The molecule has 1 amide bonds. The Morgan fingerprint density at radius 3 is 2.76 bits per heavy atom. The predicted molar refractivity (Wildman–Crippen MR) is 109 cm³/mol. The van der Waals surface area contributed by atoms with Crippen LogP contribution in [0.4, 0.5) is 0 Å². The SMILES string of the molecule is COc1ccc(-c2nnc3ccc(OCCNC(=O)Cc4cccs4)nn23)cc1. The van der Waals surface area contributed by atoms with E-state index in [1.807, 2.05) is 41.8 Å². The van der Waals surface area contributed by atoms with E-state index in [1.54, 1.807) is 35.1 Å². The van der Waals surface area contributed by atoms with E-state index in [1.165, 1.54) is 0 Å². The molecule has 0 unspecified atom stereocenters. The number of amides is 1. The number of hydrogen-bond donors (Lipinski definition) is 1. The number of hydrogen-bond acceptors (Lipinski definition) is 7. The predicted octanol–water partition coefficient (Wildman–Crippen LogP) is 2.60. The van der Waals surface area contributed by atoms with Gasteiger partial charge in [0.15, 0.2) is 11.5 Å². The van der Waals surface area contributed by atoms with Gasteiger partial charge in [-0.25, -0.2) is 0 Å². The van der Waals surface area contributed by atoms with Crippen LogP contribution in [0.1, 0.15) is 4.88 Å². The van der Waals surface area contributed by atoms with Gasteiger partial charge in [-0.2, -0.15) is 4.52 Å². The number of nitrogens with zero attached hydrogens (tertiary/aromatic N) is 4. The highest BCUT2D eigenvalue weighted by Gasteiger charge is 2.11. The zero-order valence-electron chi connectivity index (χ0n) is 15.7. The van der Waals surface area contributed by atoms with E-state index in [9.17, 15) is 4.79 Å². The zero-order chi connectivity index (χ0) is 20.1. The summed E-state index contributed by atoms with van der Waals surface area (Å²) in [7, 11) is 1.62. The quantitative estimate of drug-likeness (QED) is 0.450. The van der Waals surface area contributed by atoms with Gasteiger partial charge in [0.1, 0.15) is 12.4 Å². The van der Waals surface area contributed by atoms with Crippen molar-refractivity contribution in [1.82, 2.24) is 25.1 Å². The number of carbonyl (C=O) groups excluding carboxylic acids is 1. The van der Waals surface area contributed by atoms with Crippen LogP contribution in [0.3, 0.4) is 0 Å². The van der Waals surface area contributed by atoms with Crippen LogP contribution in [0.15, 0.2) is 53.9 Å². The number of nitrogens with one attached hydrogen (secondary N) is 1. The van der Waals surface area contributed by atoms with Gasteiger partial charge in [-0.05, 0) is 41.8 Å². The minimum Gasteiger partial charge on any atom is -0.497 e. The first-order valence-corrected chi connectivity index (χ1v) is 9.89. The maximum Gasteiger partial charge on any atom is 0.231 e. The van der Waals surface area contributed by atoms with Crippen LogP contribution >= 0.6 is 11.3 Å². The molecule has 9 heteroatoms. The molecule has 0 aliphatic carbocycles. The number of thiophene rings is 1. The van der Waals surface area contributed by atoms with Crippen LogP contribution in [0.25, 0.3) is 17.0 Å². The second-order valence-electron chi connectivity index (χ2n) is 6.15. The summed E-state index contributed by atoms with van der Waals surface area (Å²) < 4.78 is 12.5. The Bertz CT molecular complexity index is 1090. The monoisotopic (exact) mass is 409 g/mol. The van der Waals surface area contributed by atoms with Crippen LogP contribution in [0.5, 0.6) is 11.6 Å². The molecule has 0 saturated carbocycles. The molecule has 148 valence electrons. The summed E-state index contributed by atoms with van der Waals surface area (Å²) in [5.41, 5.74) is 1.48. The van der Waals surface area contributed by atoms with Crippen LogP contribution < -0.4 is 14.8 Å². The second-order valence-corrected chi connectivity index (χ2v) is 7.18. The summed E-state index contributed by atoms with van der Waals surface area (Å²) >= 11 is 1.57. The van der Waals surface area contributed by atoms with Gasteiger partial charge in [0.2, 0.25) is 11.8 Å². The molecule has 4 aromatic rings. The van der Waals surface area contributed by atoms with E-state index in [-0.39, 0.29) is 5.91 Å². The van der Waals surface area contributed by atoms with Crippen molar-refractivity contribution in [2.24, 2.45) is 0 Å². The molecule has 0 aliphatic rings. The number of fused-ring (bicyclic) bond motifs is 1. The number of benzene rings is 1. The average Bonchev–Trinajstić information content (AvgIpc) is 3.41. The molecule has 8 nitrogen and oxygen atoms in total. The van der Waals surface area contributed by atoms with Gasteiger partial charge < -0.3 is 14.8 Å². The van der Waals surface area contributed by atoms with E-state index in [2.05, 4.69) is 20.6 Å². The topological polar surface area (TPSA) is 90.6 Å². The molecule has 3 heterocycles. The standard InChI is InChI=1S/C20H19N5O3S/c1-27-15-6-4-14(5-7-15)20-23-22-17-8-9-19(24-25(17)20)28-11-10-21-18(26)13-16-3-2-12-29-16/h2-9,12H,10-11,13H2,1H3,(H,21,26). The van der Waals surface area contributed by atoms with Gasteiger partial charge in [-0.3, -0.25) is 4.79 Å². The molecule has 0 fully saturated rings. The highest BCUT2D eigenvalue weighted by atomic mass is 32.1. The van der Waals surface area contributed by atoms with Gasteiger partial charge in [0, 0.05) is 16.5 Å². The van der Waals surface area contributed by atoms with Gasteiger partial charge in [0.05, 0.1) is 20.1 Å². The fraction of sp³-hybridized carbons (Fsp3) is 0.200. The number of rotatable bonds is 8. The maximum absolute atomic E-state index is 11.9. The van der Waals surface area contributed by atoms with Crippen LogP contribution in [-0.4, -0.2) is 46.0 Å². The fourth-order valence-electron chi connectivity index (χ4n) is 2.75. The molecule has 1 N–H and O–H groups in total. The largest absolute Gasteiger partial charge is 0.497 e. The van der Waals surface area contributed by atoms with E-state index in [0.29, 0.717) is 36.9 Å². The third-order valence-corrected chi connectivity index (χ3v) is 5.05. The van der Waals surface area contributed by atoms with Crippen molar-refractivity contribution in [1.29, 1.82) is 0 Å². The summed E-state index contributed by atoms with van der Waals surface area (Å²) in [6.07, 6.45) is 0.383. The molecule has 29 heavy (non-hydrogen) atoms. The lowest BCUT2D eigenvalue weighted by molar-refractivity contribution is -0.120. The van der Waals surface area contributed by atoms with E-state index in [4.69, 9.17) is 9.47 Å². The van der Waals surface area contributed by atoms with Crippen molar-refractivity contribution in [3.05, 3.63) is 58.8 Å². The average molecular weight is 409 g/mol. The number of aromatic nitrogens is 4. The lowest BCUT2D eigenvalue weighted by Crippen LogP contribution is -2.29. The smallest absolute Gasteiger partial charge is 0.231 e. The van der Waals surface area contributed by atoms with Gasteiger partial charge in [-0.1, -0.05) is 6.07 Å². The zero-order valence-corrected chi connectivity index (χ0v) is 16.6. The van der Waals surface area contributed by atoms with Gasteiger partial charge in [-0.15, -0.1) is 26.6 Å². The lowest BCUT2D eigenvalue weighted by atomic mass is 10.2. The number of methoxy groups -OCH3 is 1. The Hall–Kier alpha value is -3.46. The molecule has 0 radical (unpaired) electrons. The van der Waals surface area contributed by atoms with Crippen molar-refractivity contribution < 1.29 is 14.3 Å². The normalized spacial score (nSPS) is 10.8. The third kappa shape index (κ3) is 4.52. The highest BCUT2D eigenvalue weighted by Crippen LogP contribution is 2.21. The van der Waals surface area contributed by atoms with Crippen LogP contribution in [0, 0.1) is 0 Å². The van der Waals surface area contributed by atoms with Crippen molar-refractivity contribution in [3.8, 4) is 23.0 Å². The molecule has 0 bridgehead atoms. The van der Waals surface area contributed by atoms with E-state index in [0.717, 1.165) is 16.2 Å². The molecular formula is C20H19N5O3S. The van der Waals surface area contributed by atoms with E-state index >= 15 is 0 Å². The minimum atomic E-state index is -0.0277. The van der Waals surface area contributed by atoms with Gasteiger partial charge >= 0.3 is 0 Å². The van der Waals surface area contributed by atoms with Crippen molar-refractivity contribution in [2.75, 3.05) is 20.3 Å². The molecule has 0 aliphatic heterocycles. The molecular weight excluding hydrogens is 390 g/mol. The van der Waals surface area contributed by atoms with Crippen LogP contribution in [-0.2, 0) is 11.2 Å². The second kappa shape index (κ2) is 8.70. The summed E-state index contributed by atoms with van der Waals surface area (Å²) in [6, 6.07) is 14.9. The summed E-state index contributed by atoms with van der Waals surface area (Å²) in [5.74, 6) is 1.78. The lowest BCUT2D eigenvalue weighted by Gasteiger charge is -2.07. The Labute approximate surface area is 171 Å². The number of carbonyl (C=O) groups is 1. The molecule has 1 aromatic carbocycles. The third-order valence-electron chi connectivity index (χ3n) is 4.18. The van der Waals surface area contributed by atoms with Crippen molar-refractivity contribution in [3.63, 3.8) is 0 Å². The summed E-state index contributed by atoms with van der Waals surface area (Å²) in [4.78, 5) is 12.9. The maximum atomic E-state index is 11.9. The van der Waals surface area contributed by atoms with Crippen LogP contribution in [0.2, 0.25) is 0 Å². The Morgan fingerprint density at radius 1 is 1.14 bits per heavy atom. The first-order valence-electron chi connectivity index (χ1n) is 9.02. The van der Waals surface area contributed by atoms with Gasteiger partial charge in [0.25, 0.3) is 0 Å². The first-order chi connectivity index (χ1) is 14.2. The molecule has 3 aromatic heterocycles. The fourth-order valence-corrected chi connectivity index (χ4v) is 3.45. The Kier molecular flexibility index (Phi) is 5.66. The Balaban J connectivity index is 1.37. The molecule has 0 saturated heterocycles. The number of ether oxygens (including phenoxy) is 2. The first kappa shape index (κ1) is 18.9. The summed E-state index contributed by atoms with van der Waals surface area (Å²) in [6.45, 7) is 0.714. The van der Waals surface area contributed by atoms with Crippen molar-refractivity contribution in [2.45, 2.75) is 6.42 Å². The minimum absolute atomic E-state index is 0.0277. The Morgan fingerprint density at radius 2 is 2.00 bits per heavy atom. The highest BCUT2D eigenvalue weighted by molar-refractivity contribution is 7.10. The van der Waals surface area contributed by atoms with E-state index < -0.39 is 0 Å². The molecule has 0 spiro atoms. The molecule has 0 atom stereocenters. The van der Waals surface area contributed by atoms with Crippen molar-refractivity contribution >= 4 is 22.9 Å². The molecule has 4 rings (SSSR count).